The number of hydrogen-bond donors (Lipinski definition) is 3. The van der Waals surface area contributed by atoms with E-state index in [-0.39, 0.29) is 11.8 Å². The molecule has 8 nitrogen and oxygen atoms in total. The minimum atomic E-state index is -0.894. The quantitative estimate of drug-likeness (QED) is 0.649. The zero-order chi connectivity index (χ0) is 18.6. The van der Waals surface area contributed by atoms with Crippen LogP contribution in [0.15, 0.2) is 0 Å². The summed E-state index contributed by atoms with van der Waals surface area (Å²) in [6, 6.07) is -1.17. The molecule has 1 heterocycles. The first-order valence-electron chi connectivity index (χ1n) is 8.98. The molecule has 140 valence electrons. The Hall–Kier alpha value is -2.12. The maximum absolute atomic E-state index is 12.7. The summed E-state index contributed by atoms with van der Waals surface area (Å²) >= 11 is 0. The van der Waals surface area contributed by atoms with Crippen LogP contribution in [0.4, 0.5) is 9.59 Å². The summed E-state index contributed by atoms with van der Waals surface area (Å²) in [6.07, 6.45) is 4.16. The zero-order valence-corrected chi connectivity index (χ0v) is 15.2. The van der Waals surface area contributed by atoms with Crippen LogP contribution in [0.3, 0.4) is 0 Å². The van der Waals surface area contributed by atoms with Crippen LogP contribution in [0.2, 0.25) is 0 Å². The number of urea groups is 2. The molecule has 0 aromatic heterocycles. The molecular weight excluding hydrogens is 324 g/mol. The molecule has 0 radical (unpaired) electrons. The molecule has 1 saturated carbocycles. The van der Waals surface area contributed by atoms with Crippen LogP contribution in [-0.4, -0.2) is 47.4 Å². The van der Waals surface area contributed by atoms with Gasteiger partial charge in [-0.1, -0.05) is 33.6 Å². The third kappa shape index (κ3) is 4.29. The smallest absolute Gasteiger partial charge is 0.325 e. The van der Waals surface area contributed by atoms with Gasteiger partial charge in [0.1, 0.15) is 12.1 Å². The van der Waals surface area contributed by atoms with Crippen LogP contribution >= 0.6 is 0 Å². The fraction of sp³-hybridized carbons (Fsp3) is 0.765. The highest BCUT2D eigenvalue weighted by Crippen LogP contribution is 2.38. The molecule has 1 aliphatic carbocycles. The number of nitrogens with one attached hydrogen (secondary N) is 3. The summed E-state index contributed by atoms with van der Waals surface area (Å²) in [4.78, 5) is 49.5. The predicted octanol–water partition coefficient (Wildman–Crippen LogP) is 1.36. The summed E-state index contributed by atoms with van der Waals surface area (Å²) in [5, 5.41) is 7.52. The molecule has 2 fully saturated rings. The van der Waals surface area contributed by atoms with Gasteiger partial charge in [-0.3, -0.25) is 19.8 Å². The van der Waals surface area contributed by atoms with Gasteiger partial charge in [-0.05, 0) is 31.1 Å². The van der Waals surface area contributed by atoms with Crippen LogP contribution in [0.25, 0.3) is 0 Å². The van der Waals surface area contributed by atoms with E-state index < -0.39 is 30.1 Å². The van der Waals surface area contributed by atoms with E-state index in [1.165, 1.54) is 0 Å². The highest BCUT2D eigenvalue weighted by molar-refractivity contribution is 6.10. The molecule has 2 atom stereocenters. The van der Waals surface area contributed by atoms with E-state index in [0.717, 1.165) is 30.6 Å². The minimum absolute atomic E-state index is 0.0325. The van der Waals surface area contributed by atoms with Crippen molar-refractivity contribution < 1.29 is 19.2 Å². The van der Waals surface area contributed by atoms with Gasteiger partial charge in [0.25, 0.3) is 5.91 Å². The van der Waals surface area contributed by atoms with E-state index >= 15 is 0 Å². The van der Waals surface area contributed by atoms with Crippen molar-refractivity contribution in [3.05, 3.63) is 0 Å². The van der Waals surface area contributed by atoms with Crippen LogP contribution < -0.4 is 16.0 Å². The summed E-state index contributed by atoms with van der Waals surface area (Å²) in [7, 11) is 0. The Balaban J connectivity index is 1.89. The third-order valence-electron chi connectivity index (χ3n) is 5.06. The van der Waals surface area contributed by atoms with Gasteiger partial charge < -0.3 is 10.6 Å². The Bertz CT molecular complexity index is 563. The standard InChI is InChI=1S/C17H28N4O4/c1-11(2)7-9-18-15(24)19-13(22)10-21-14(23)17(20-16(21)25)8-5-4-6-12(17)3/h11-12H,4-10H2,1-3H3,(H,20,25)(H2,18,19,22,24)/t12-,17+/m0/s1. The van der Waals surface area contributed by atoms with E-state index in [4.69, 9.17) is 0 Å². The van der Waals surface area contributed by atoms with Crippen LogP contribution in [0.1, 0.15) is 52.9 Å². The van der Waals surface area contributed by atoms with E-state index in [0.29, 0.717) is 18.9 Å². The Kier molecular flexibility index (Phi) is 6.02. The monoisotopic (exact) mass is 352 g/mol. The maximum Gasteiger partial charge on any atom is 0.325 e. The molecule has 0 aromatic rings. The Morgan fingerprint density at radius 2 is 2.04 bits per heavy atom. The topological polar surface area (TPSA) is 108 Å². The van der Waals surface area contributed by atoms with Crippen LogP contribution in [0, 0.1) is 11.8 Å². The number of nitrogens with zero attached hydrogens (tertiary/aromatic N) is 1. The van der Waals surface area contributed by atoms with Crippen molar-refractivity contribution in [2.24, 2.45) is 11.8 Å². The van der Waals surface area contributed by atoms with Crippen molar-refractivity contribution >= 4 is 23.9 Å². The molecule has 1 aliphatic heterocycles. The number of rotatable bonds is 5. The summed E-state index contributed by atoms with van der Waals surface area (Å²) in [5.74, 6) is -0.563. The maximum atomic E-state index is 12.7. The summed E-state index contributed by atoms with van der Waals surface area (Å²) < 4.78 is 0. The fourth-order valence-electron chi connectivity index (χ4n) is 3.47. The van der Waals surface area contributed by atoms with Gasteiger partial charge in [-0.2, -0.15) is 0 Å². The molecule has 3 N–H and O–H groups in total. The van der Waals surface area contributed by atoms with E-state index in [1.807, 2.05) is 20.8 Å². The zero-order valence-electron chi connectivity index (χ0n) is 15.2. The lowest BCUT2D eigenvalue weighted by Gasteiger charge is -2.36. The van der Waals surface area contributed by atoms with E-state index in [1.54, 1.807) is 0 Å². The van der Waals surface area contributed by atoms with Crippen molar-refractivity contribution in [1.82, 2.24) is 20.9 Å². The molecule has 1 saturated heterocycles. The fourth-order valence-corrected chi connectivity index (χ4v) is 3.47. The van der Waals surface area contributed by atoms with Gasteiger partial charge in [0.2, 0.25) is 5.91 Å². The number of imide groups is 2. The van der Waals surface area contributed by atoms with Gasteiger partial charge in [0.15, 0.2) is 0 Å². The number of amides is 6. The summed E-state index contributed by atoms with van der Waals surface area (Å²) in [5.41, 5.74) is -0.894. The Morgan fingerprint density at radius 3 is 2.68 bits per heavy atom. The van der Waals surface area contributed by atoms with Crippen LogP contribution in [0.5, 0.6) is 0 Å². The molecule has 2 rings (SSSR count). The molecule has 0 unspecified atom stereocenters. The normalized spacial score (nSPS) is 26.1. The third-order valence-corrected chi connectivity index (χ3v) is 5.06. The van der Waals surface area contributed by atoms with Gasteiger partial charge in [-0.25, -0.2) is 9.59 Å². The second-order valence-electron chi connectivity index (χ2n) is 7.43. The van der Waals surface area contributed by atoms with Crippen molar-refractivity contribution in [3.8, 4) is 0 Å². The highest BCUT2D eigenvalue weighted by Gasteiger charge is 2.55. The largest absolute Gasteiger partial charge is 0.338 e. The lowest BCUT2D eigenvalue weighted by Crippen LogP contribution is -2.54. The SMILES string of the molecule is CC(C)CCNC(=O)NC(=O)CN1C(=O)N[C@@]2(CCCC[C@@H]2C)C1=O. The van der Waals surface area contributed by atoms with Gasteiger partial charge >= 0.3 is 12.1 Å². The van der Waals surface area contributed by atoms with Crippen molar-refractivity contribution in [1.29, 1.82) is 0 Å². The lowest BCUT2D eigenvalue weighted by atomic mass is 9.73. The molecule has 25 heavy (non-hydrogen) atoms. The van der Waals surface area contributed by atoms with Crippen molar-refractivity contribution in [2.45, 2.75) is 58.4 Å². The highest BCUT2D eigenvalue weighted by atomic mass is 16.2. The molecule has 8 heteroatoms. The molecular formula is C17H28N4O4. The molecule has 0 bridgehead atoms. The van der Waals surface area contributed by atoms with Crippen LogP contribution in [-0.2, 0) is 9.59 Å². The van der Waals surface area contributed by atoms with Crippen molar-refractivity contribution in [2.75, 3.05) is 13.1 Å². The molecule has 2 aliphatic rings. The molecule has 6 amide bonds. The minimum Gasteiger partial charge on any atom is -0.338 e. The number of carbonyl (C=O) groups excluding carboxylic acids is 4. The lowest BCUT2D eigenvalue weighted by molar-refractivity contribution is -0.137. The second-order valence-corrected chi connectivity index (χ2v) is 7.43. The number of carbonyl (C=O) groups is 4. The van der Waals surface area contributed by atoms with E-state index in [2.05, 4.69) is 16.0 Å². The second kappa shape index (κ2) is 7.84. The van der Waals surface area contributed by atoms with Crippen molar-refractivity contribution in [3.63, 3.8) is 0 Å². The summed E-state index contributed by atoms with van der Waals surface area (Å²) in [6.45, 7) is 6.02. The first-order valence-corrected chi connectivity index (χ1v) is 8.98. The average molecular weight is 352 g/mol. The first-order chi connectivity index (χ1) is 11.8. The average Bonchev–Trinajstić information content (AvgIpc) is 2.75. The Morgan fingerprint density at radius 1 is 1.32 bits per heavy atom. The first kappa shape index (κ1) is 19.2. The van der Waals surface area contributed by atoms with Gasteiger partial charge in [-0.15, -0.1) is 0 Å². The number of hydrogen-bond acceptors (Lipinski definition) is 4. The predicted molar refractivity (Wildman–Crippen MR) is 91.6 cm³/mol. The van der Waals surface area contributed by atoms with Gasteiger partial charge in [0.05, 0.1) is 0 Å². The van der Waals surface area contributed by atoms with Gasteiger partial charge in [0, 0.05) is 6.54 Å². The Labute approximate surface area is 148 Å². The molecule has 1 spiro atoms. The van der Waals surface area contributed by atoms with E-state index in [9.17, 15) is 19.2 Å². The molecule has 0 aromatic carbocycles.